The first kappa shape index (κ1) is 24.4. The number of benzene rings is 8. The Morgan fingerprint density at radius 1 is 0.348 bits per heavy atom. The van der Waals surface area contributed by atoms with Crippen molar-refractivity contribution in [2.24, 2.45) is 0 Å². The molecule has 0 N–H and O–H groups in total. The van der Waals surface area contributed by atoms with Gasteiger partial charge in [0.1, 0.15) is 11.5 Å². The van der Waals surface area contributed by atoms with Crippen LogP contribution in [0.1, 0.15) is 22.3 Å². The molecule has 8 aromatic rings. The highest BCUT2D eigenvalue weighted by Gasteiger charge is 2.52. The number of para-hydroxylation sites is 1. The minimum absolute atomic E-state index is 0.411. The summed E-state index contributed by atoms with van der Waals surface area (Å²) in [6.07, 6.45) is 0. The van der Waals surface area contributed by atoms with Gasteiger partial charge in [-0.05, 0) is 90.0 Å². The lowest BCUT2D eigenvalue weighted by Crippen LogP contribution is -2.25. The van der Waals surface area contributed by atoms with E-state index >= 15 is 0 Å². The molecule has 0 aromatic heterocycles. The fourth-order valence-corrected chi connectivity index (χ4v) is 8.89. The maximum Gasteiger partial charge on any atom is 0.143 e. The molecule has 0 amide bonds. The van der Waals surface area contributed by atoms with Crippen molar-refractivity contribution in [2.45, 2.75) is 5.41 Å². The minimum atomic E-state index is -0.411. The van der Waals surface area contributed by atoms with Crippen molar-refractivity contribution in [3.63, 3.8) is 0 Å². The van der Waals surface area contributed by atoms with E-state index in [0.29, 0.717) is 0 Å². The lowest BCUT2D eigenvalue weighted by molar-refractivity contribution is 0.489. The molecule has 0 saturated heterocycles. The molecule has 11 rings (SSSR count). The highest BCUT2D eigenvalue weighted by atomic mass is 16.5. The SMILES string of the molecule is c1ccc2c(c1)-c1cc3ccccc3cc1C21c2ccccc2-c2c(-c3cccc4c3Oc3cccc5cccc-4c35)cccc21. The van der Waals surface area contributed by atoms with Crippen molar-refractivity contribution in [2.75, 3.05) is 0 Å². The second-order valence-corrected chi connectivity index (χ2v) is 12.8. The van der Waals surface area contributed by atoms with Crippen molar-refractivity contribution in [3.8, 4) is 56.0 Å². The molecule has 3 aliphatic rings. The molecule has 1 unspecified atom stereocenters. The van der Waals surface area contributed by atoms with Crippen molar-refractivity contribution in [1.29, 1.82) is 0 Å². The van der Waals surface area contributed by atoms with Crippen LogP contribution in [0, 0.1) is 0 Å². The van der Waals surface area contributed by atoms with Crippen LogP contribution in [-0.2, 0) is 5.41 Å². The quantitative estimate of drug-likeness (QED) is 0.187. The van der Waals surface area contributed by atoms with Crippen LogP contribution in [0.5, 0.6) is 11.5 Å². The Morgan fingerprint density at radius 2 is 0.891 bits per heavy atom. The van der Waals surface area contributed by atoms with Crippen molar-refractivity contribution < 1.29 is 4.74 Å². The monoisotopic (exact) mass is 582 g/mol. The summed E-state index contributed by atoms with van der Waals surface area (Å²) in [6.45, 7) is 0. The van der Waals surface area contributed by atoms with E-state index in [0.717, 1.165) is 22.6 Å². The van der Waals surface area contributed by atoms with Crippen LogP contribution >= 0.6 is 0 Å². The molecule has 1 atom stereocenters. The van der Waals surface area contributed by atoms with E-state index in [-0.39, 0.29) is 0 Å². The predicted molar refractivity (Wildman–Crippen MR) is 189 cm³/mol. The Kier molecular flexibility index (Phi) is 4.57. The standard InChI is InChI=1S/C45H26O/c1-2-12-29-26-40-36(25-28(29)11-1)30-15-3-5-21-37(30)45(40)38-22-6-4-16-35(38)43-32(18-10-23-39(43)45)34-20-9-19-33-31-17-7-13-27-14-8-24-41(42(27)31)46-44(33)34/h1-26H. The molecule has 0 bridgehead atoms. The summed E-state index contributed by atoms with van der Waals surface area (Å²) < 4.78 is 6.86. The highest BCUT2D eigenvalue weighted by Crippen LogP contribution is 2.65. The summed E-state index contributed by atoms with van der Waals surface area (Å²) in [6, 6.07) is 58.2. The second-order valence-electron chi connectivity index (χ2n) is 12.8. The maximum absolute atomic E-state index is 6.86. The fraction of sp³-hybridized carbons (Fsp3) is 0.0222. The van der Waals surface area contributed by atoms with Crippen LogP contribution in [0.25, 0.3) is 66.1 Å². The molecule has 212 valence electrons. The maximum atomic E-state index is 6.86. The van der Waals surface area contributed by atoms with Gasteiger partial charge in [-0.2, -0.15) is 0 Å². The average molecular weight is 583 g/mol. The molecule has 0 radical (unpaired) electrons. The normalized spacial score (nSPS) is 16.1. The van der Waals surface area contributed by atoms with Gasteiger partial charge in [0.15, 0.2) is 0 Å². The summed E-state index contributed by atoms with van der Waals surface area (Å²) in [5, 5.41) is 4.93. The highest BCUT2D eigenvalue weighted by molar-refractivity contribution is 6.07. The lowest BCUT2D eigenvalue weighted by atomic mass is 9.70. The Hall–Kier alpha value is -5.92. The molecular weight excluding hydrogens is 556 g/mol. The van der Waals surface area contributed by atoms with E-state index < -0.39 is 5.41 Å². The summed E-state index contributed by atoms with van der Waals surface area (Å²) >= 11 is 0. The van der Waals surface area contributed by atoms with E-state index in [1.165, 1.54) is 77.2 Å². The third-order valence-electron chi connectivity index (χ3n) is 10.7. The molecule has 1 spiro atoms. The van der Waals surface area contributed by atoms with Gasteiger partial charge in [0.05, 0.1) is 5.41 Å². The number of hydrogen-bond acceptors (Lipinski definition) is 1. The van der Waals surface area contributed by atoms with Gasteiger partial charge in [-0.3, -0.25) is 0 Å². The van der Waals surface area contributed by atoms with Gasteiger partial charge in [-0.15, -0.1) is 0 Å². The van der Waals surface area contributed by atoms with E-state index in [4.69, 9.17) is 4.74 Å². The van der Waals surface area contributed by atoms with Crippen molar-refractivity contribution in [1.82, 2.24) is 0 Å². The Bertz CT molecular complexity index is 2620. The first-order chi connectivity index (χ1) is 22.8. The number of rotatable bonds is 1. The van der Waals surface area contributed by atoms with Gasteiger partial charge in [0, 0.05) is 16.5 Å². The molecule has 1 aliphatic heterocycles. The van der Waals surface area contributed by atoms with Crippen LogP contribution in [0.2, 0.25) is 0 Å². The van der Waals surface area contributed by atoms with Crippen molar-refractivity contribution in [3.05, 3.63) is 180 Å². The Labute approximate surface area is 267 Å². The molecule has 0 fully saturated rings. The molecule has 1 heteroatoms. The first-order valence-electron chi connectivity index (χ1n) is 16.0. The summed E-state index contributed by atoms with van der Waals surface area (Å²) in [4.78, 5) is 0. The Balaban J connectivity index is 1.24. The molecule has 46 heavy (non-hydrogen) atoms. The van der Waals surface area contributed by atoms with Crippen LogP contribution < -0.4 is 4.74 Å². The zero-order chi connectivity index (χ0) is 30.0. The molecular formula is C45H26O. The van der Waals surface area contributed by atoms with Gasteiger partial charge in [-0.25, -0.2) is 0 Å². The van der Waals surface area contributed by atoms with E-state index in [1.54, 1.807) is 0 Å². The third kappa shape index (κ3) is 2.87. The van der Waals surface area contributed by atoms with E-state index in [2.05, 4.69) is 158 Å². The summed E-state index contributed by atoms with van der Waals surface area (Å²) in [7, 11) is 0. The van der Waals surface area contributed by atoms with Gasteiger partial charge >= 0.3 is 0 Å². The summed E-state index contributed by atoms with van der Waals surface area (Å²) in [5.74, 6) is 1.85. The number of hydrogen-bond donors (Lipinski definition) is 0. The minimum Gasteiger partial charge on any atom is -0.455 e. The predicted octanol–water partition coefficient (Wildman–Crippen LogP) is 11.8. The second kappa shape index (κ2) is 8.62. The summed E-state index contributed by atoms with van der Waals surface area (Å²) in [5.41, 5.74) is 14.9. The van der Waals surface area contributed by atoms with Gasteiger partial charge in [-0.1, -0.05) is 140 Å². The van der Waals surface area contributed by atoms with E-state index in [9.17, 15) is 0 Å². The topological polar surface area (TPSA) is 9.23 Å². The van der Waals surface area contributed by atoms with E-state index in [1.807, 2.05) is 0 Å². The molecule has 1 nitrogen and oxygen atoms in total. The van der Waals surface area contributed by atoms with Crippen LogP contribution in [0.15, 0.2) is 158 Å². The van der Waals surface area contributed by atoms with Gasteiger partial charge < -0.3 is 4.74 Å². The van der Waals surface area contributed by atoms with Crippen LogP contribution in [-0.4, -0.2) is 0 Å². The fourth-order valence-electron chi connectivity index (χ4n) is 8.89. The zero-order valence-corrected chi connectivity index (χ0v) is 24.9. The number of fused-ring (bicyclic) bond motifs is 13. The average Bonchev–Trinajstić information content (AvgIpc) is 3.58. The van der Waals surface area contributed by atoms with Crippen LogP contribution in [0.3, 0.4) is 0 Å². The van der Waals surface area contributed by atoms with Gasteiger partial charge in [0.25, 0.3) is 0 Å². The number of ether oxygens (including phenoxy) is 1. The molecule has 8 aromatic carbocycles. The molecule has 2 aliphatic carbocycles. The van der Waals surface area contributed by atoms with Gasteiger partial charge in [0.2, 0.25) is 0 Å². The van der Waals surface area contributed by atoms with Crippen molar-refractivity contribution >= 4 is 21.5 Å². The third-order valence-corrected chi connectivity index (χ3v) is 10.7. The first-order valence-corrected chi connectivity index (χ1v) is 16.0. The smallest absolute Gasteiger partial charge is 0.143 e. The largest absolute Gasteiger partial charge is 0.455 e. The Morgan fingerprint density at radius 3 is 1.74 bits per heavy atom. The lowest BCUT2D eigenvalue weighted by Gasteiger charge is -2.31. The zero-order valence-electron chi connectivity index (χ0n) is 24.9. The van der Waals surface area contributed by atoms with Crippen LogP contribution in [0.4, 0.5) is 0 Å². The molecule has 1 heterocycles. The molecule has 0 saturated carbocycles.